The van der Waals surface area contributed by atoms with Gasteiger partial charge in [0, 0.05) is 55.9 Å². The minimum atomic E-state index is -0.429. The fourth-order valence-corrected chi connectivity index (χ4v) is 5.74. The normalized spacial score (nSPS) is 11.9. The van der Waals surface area contributed by atoms with Gasteiger partial charge in [0.2, 0.25) is 0 Å². The van der Waals surface area contributed by atoms with E-state index in [2.05, 4.69) is 9.97 Å². The number of aromatic nitrogens is 8. The van der Waals surface area contributed by atoms with Crippen LogP contribution in [0, 0.1) is 10.1 Å². The van der Waals surface area contributed by atoms with Crippen molar-refractivity contribution in [2.24, 2.45) is 0 Å². The van der Waals surface area contributed by atoms with E-state index in [0.717, 1.165) is 32.7 Å². The van der Waals surface area contributed by atoms with Crippen molar-refractivity contribution in [1.82, 2.24) is 39.9 Å². The van der Waals surface area contributed by atoms with Crippen LogP contribution in [-0.4, -0.2) is 44.8 Å². The lowest BCUT2D eigenvalue weighted by molar-refractivity contribution is -0.384. The number of aromatic amines is 2. The highest BCUT2D eigenvalue weighted by atomic mass is 16.6. The van der Waals surface area contributed by atoms with Crippen molar-refractivity contribution in [3.05, 3.63) is 101 Å². The van der Waals surface area contributed by atoms with Crippen molar-refractivity contribution in [2.45, 2.75) is 0 Å². The maximum atomic E-state index is 11.7. The molecular formula is C32H17N9O2. The zero-order valence-electron chi connectivity index (χ0n) is 22.1. The Morgan fingerprint density at radius 1 is 0.465 bits per heavy atom. The summed E-state index contributed by atoms with van der Waals surface area (Å²) in [7, 11) is 0. The van der Waals surface area contributed by atoms with E-state index in [9.17, 15) is 10.1 Å². The average molecular weight is 560 g/mol. The number of hydrogen-bond donors (Lipinski definition) is 2. The first-order chi connectivity index (χ1) is 21.1. The van der Waals surface area contributed by atoms with Gasteiger partial charge in [0.15, 0.2) is 23.3 Å². The number of non-ortho nitro benzene ring substituents is 1. The van der Waals surface area contributed by atoms with E-state index in [-0.39, 0.29) is 5.69 Å². The minimum Gasteiger partial charge on any atom is -0.324 e. The zero-order valence-corrected chi connectivity index (χ0v) is 22.1. The SMILES string of the molecule is O=[N+]([O-])c1ccc2c(c1)-c1nc-2nc2[nH]c(nc3nc(nc4[nH]c(n1)c1ccccc41)-c1ccccc1-3)c1ccccc21. The number of rotatable bonds is 1. The maximum absolute atomic E-state index is 11.7. The quantitative estimate of drug-likeness (QED) is 0.165. The van der Waals surface area contributed by atoms with E-state index in [1.165, 1.54) is 12.1 Å². The number of nitrogens with one attached hydrogen (secondary N) is 2. The zero-order chi connectivity index (χ0) is 28.7. The molecule has 7 aromatic rings. The summed E-state index contributed by atoms with van der Waals surface area (Å²) < 4.78 is 0. The van der Waals surface area contributed by atoms with Gasteiger partial charge in [-0.25, -0.2) is 29.9 Å². The first-order valence-corrected chi connectivity index (χ1v) is 13.5. The molecule has 0 spiro atoms. The maximum Gasteiger partial charge on any atom is 0.270 e. The van der Waals surface area contributed by atoms with Crippen LogP contribution < -0.4 is 0 Å². The molecule has 0 unspecified atom stereocenters. The van der Waals surface area contributed by atoms with Gasteiger partial charge in [0.25, 0.3) is 5.69 Å². The number of benzene rings is 4. The summed E-state index contributed by atoms with van der Waals surface area (Å²) in [5.41, 5.74) is 5.09. The highest BCUT2D eigenvalue weighted by Crippen LogP contribution is 2.38. The van der Waals surface area contributed by atoms with Gasteiger partial charge in [-0.05, 0) is 6.07 Å². The Morgan fingerprint density at radius 3 is 1.26 bits per heavy atom. The number of hydrogen-bond acceptors (Lipinski definition) is 8. The third-order valence-corrected chi connectivity index (χ3v) is 7.75. The lowest BCUT2D eigenvalue weighted by Crippen LogP contribution is -1.89. The van der Waals surface area contributed by atoms with Crippen LogP contribution in [0.4, 0.5) is 5.69 Å². The second kappa shape index (κ2) is 8.57. The van der Waals surface area contributed by atoms with Crippen molar-refractivity contribution in [3.63, 3.8) is 0 Å². The molecule has 0 aliphatic carbocycles. The number of nitro groups is 1. The molecule has 0 atom stereocenters. The summed E-state index contributed by atoms with van der Waals surface area (Å²) in [4.78, 5) is 47.4. The second-order valence-corrected chi connectivity index (χ2v) is 10.2. The molecule has 8 bridgehead atoms. The van der Waals surface area contributed by atoms with Gasteiger partial charge in [-0.3, -0.25) is 10.1 Å². The number of nitro benzene ring substituents is 1. The Bertz CT molecular complexity index is 2510. The molecule has 0 saturated carbocycles. The van der Waals surface area contributed by atoms with Crippen LogP contribution in [0.3, 0.4) is 0 Å². The predicted octanol–water partition coefficient (Wildman–Crippen LogP) is 6.78. The van der Waals surface area contributed by atoms with Crippen molar-refractivity contribution in [2.75, 3.05) is 0 Å². The van der Waals surface area contributed by atoms with Gasteiger partial charge in [-0.15, -0.1) is 0 Å². The molecule has 9 rings (SSSR count). The van der Waals surface area contributed by atoms with Gasteiger partial charge in [-0.2, -0.15) is 0 Å². The van der Waals surface area contributed by atoms with Crippen molar-refractivity contribution in [1.29, 1.82) is 0 Å². The molecule has 0 radical (unpaired) electrons. The van der Waals surface area contributed by atoms with Crippen LogP contribution >= 0.6 is 0 Å². The van der Waals surface area contributed by atoms with Crippen LogP contribution in [-0.2, 0) is 0 Å². The molecule has 2 aliphatic heterocycles. The number of nitrogens with zero attached hydrogens (tertiary/aromatic N) is 7. The topological polar surface area (TPSA) is 152 Å². The van der Waals surface area contributed by atoms with Gasteiger partial charge in [0.1, 0.15) is 22.6 Å². The van der Waals surface area contributed by atoms with E-state index >= 15 is 0 Å². The van der Waals surface area contributed by atoms with Gasteiger partial charge < -0.3 is 9.97 Å². The summed E-state index contributed by atoms with van der Waals surface area (Å²) in [6.07, 6.45) is 0. The molecule has 202 valence electrons. The molecule has 2 aliphatic rings. The van der Waals surface area contributed by atoms with E-state index < -0.39 is 4.92 Å². The third-order valence-electron chi connectivity index (χ3n) is 7.75. The molecule has 3 aromatic heterocycles. The molecule has 11 nitrogen and oxygen atoms in total. The fourth-order valence-electron chi connectivity index (χ4n) is 5.74. The Labute approximate surface area is 241 Å². The average Bonchev–Trinajstić information content (AvgIpc) is 3.76. The molecule has 4 aromatic carbocycles. The minimum absolute atomic E-state index is 0.0584. The van der Waals surface area contributed by atoms with Crippen molar-refractivity contribution in [3.8, 4) is 45.6 Å². The molecule has 0 saturated heterocycles. The Balaban J connectivity index is 1.49. The number of fused-ring (bicyclic) bond motifs is 20. The van der Waals surface area contributed by atoms with Crippen LogP contribution in [0.2, 0.25) is 0 Å². The van der Waals surface area contributed by atoms with Gasteiger partial charge in [0.05, 0.1) is 4.92 Å². The van der Waals surface area contributed by atoms with Gasteiger partial charge in [-0.1, -0.05) is 72.8 Å². The molecule has 11 heteroatoms. The van der Waals surface area contributed by atoms with E-state index in [1.807, 2.05) is 72.8 Å². The Hall–Kier alpha value is -6.36. The smallest absolute Gasteiger partial charge is 0.270 e. The Morgan fingerprint density at radius 2 is 0.837 bits per heavy atom. The van der Waals surface area contributed by atoms with Crippen LogP contribution in [0.5, 0.6) is 0 Å². The monoisotopic (exact) mass is 559 g/mol. The standard InChI is InChI=1S/C32H17N9O2/c42-41(43)16-13-14-23-24(15-16)32-39-30-22-12-6-5-11-21(22)28(37-30)35-26-18-8-2-1-7-17(18)25(33-26)34-27-19-9-3-4-10-20(19)29(36-27)38-31(23)40-32/h1-15H,(H2,33,34,35,36,37,38,39,40). The van der Waals surface area contributed by atoms with Crippen LogP contribution in [0.15, 0.2) is 91.0 Å². The number of H-pyrrole nitrogens is 2. The van der Waals surface area contributed by atoms with E-state index in [0.29, 0.717) is 57.0 Å². The summed E-state index contributed by atoms with van der Waals surface area (Å²) in [6.45, 7) is 0. The second-order valence-electron chi connectivity index (χ2n) is 10.2. The van der Waals surface area contributed by atoms with E-state index in [4.69, 9.17) is 29.9 Å². The first kappa shape index (κ1) is 23.4. The van der Waals surface area contributed by atoms with Crippen molar-refractivity contribution < 1.29 is 4.92 Å². The lowest BCUT2D eigenvalue weighted by atomic mass is 10.1. The predicted molar refractivity (Wildman–Crippen MR) is 163 cm³/mol. The third kappa shape index (κ3) is 3.48. The van der Waals surface area contributed by atoms with Gasteiger partial charge >= 0.3 is 0 Å². The molecule has 43 heavy (non-hydrogen) atoms. The highest BCUT2D eigenvalue weighted by molar-refractivity contribution is 6.06. The largest absolute Gasteiger partial charge is 0.324 e. The molecule has 0 amide bonds. The fraction of sp³-hybridized carbons (Fsp3) is 0. The summed E-state index contributed by atoms with van der Waals surface area (Å²) in [5.74, 6) is 1.75. The summed E-state index contributed by atoms with van der Waals surface area (Å²) >= 11 is 0. The Kier molecular flexibility index (Phi) is 4.65. The first-order valence-electron chi connectivity index (χ1n) is 13.5. The summed E-state index contributed by atoms with van der Waals surface area (Å²) in [5, 5.41) is 15.1. The van der Waals surface area contributed by atoms with Crippen molar-refractivity contribution >= 4 is 49.8 Å². The van der Waals surface area contributed by atoms with Crippen LogP contribution in [0.25, 0.3) is 89.7 Å². The highest BCUT2D eigenvalue weighted by Gasteiger charge is 2.24. The molecule has 5 heterocycles. The molecule has 2 N–H and O–H groups in total. The summed E-state index contributed by atoms with van der Waals surface area (Å²) in [6, 6.07) is 28.0. The van der Waals surface area contributed by atoms with E-state index in [1.54, 1.807) is 6.07 Å². The molecular weight excluding hydrogens is 542 g/mol. The van der Waals surface area contributed by atoms with Crippen LogP contribution in [0.1, 0.15) is 0 Å². The molecule has 0 fully saturated rings. The lowest BCUT2D eigenvalue weighted by Gasteiger charge is -1.98.